The molecule has 100 valence electrons. The monoisotopic (exact) mass is 312 g/mol. The van der Waals surface area contributed by atoms with Gasteiger partial charge in [-0.1, -0.05) is 6.07 Å². The van der Waals surface area contributed by atoms with Gasteiger partial charge < -0.3 is 15.4 Å². The van der Waals surface area contributed by atoms with Crippen molar-refractivity contribution in [2.75, 3.05) is 31.1 Å². The van der Waals surface area contributed by atoms with Gasteiger partial charge in [-0.15, -0.1) is 0 Å². The molecule has 1 aliphatic rings. The molecule has 18 heavy (non-hydrogen) atoms. The summed E-state index contributed by atoms with van der Waals surface area (Å²) in [6.45, 7) is 5.70. The first-order valence-corrected chi connectivity index (χ1v) is 7.35. The molecule has 1 aliphatic heterocycles. The number of rotatable bonds is 3. The lowest BCUT2D eigenvalue weighted by Crippen LogP contribution is -2.30. The fraction of sp³-hybridized carbons (Fsp3) is 0.571. The van der Waals surface area contributed by atoms with Crippen LogP contribution in [0.3, 0.4) is 0 Å². The zero-order valence-electron chi connectivity index (χ0n) is 10.9. The number of nitrogens with two attached hydrogens (primary N) is 1. The third kappa shape index (κ3) is 3.46. The van der Waals surface area contributed by atoms with Crippen molar-refractivity contribution < 1.29 is 4.74 Å². The summed E-state index contributed by atoms with van der Waals surface area (Å²) in [4.78, 5) is 2.40. The first-order chi connectivity index (χ1) is 8.70. The van der Waals surface area contributed by atoms with E-state index in [9.17, 15) is 0 Å². The highest BCUT2D eigenvalue weighted by molar-refractivity contribution is 9.10. The molecule has 0 aromatic heterocycles. The Morgan fingerprint density at radius 3 is 3.06 bits per heavy atom. The van der Waals surface area contributed by atoms with E-state index >= 15 is 0 Å². The zero-order valence-corrected chi connectivity index (χ0v) is 12.4. The number of ether oxygens (including phenoxy) is 1. The van der Waals surface area contributed by atoms with Gasteiger partial charge in [0.05, 0.1) is 11.8 Å². The van der Waals surface area contributed by atoms with Crippen LogP contribution < -0.4 is 10.6 Å². The molecule has 1 saturated heterocycles. The van der Waals surface area contributed by atoms with E-state index in [1.54, 1.807) is 0 Å². The molecule has 1 atom stereocenters. The molecule has 0 spiro atoms. The molecular formula is C14H21BrN2O. The van der Waals surface area contributed by atoms with E-state index in [4.69, 9.17) is 10.5 Å². The minimum Gasteiger partial charge on any atom is -0.377 e. The summed E-state index contributed by atoms with van der Waals surface area (Å²) in [6.07, 6.45) is 2.31. The molecule has 0 saturated carbocycles. The predicted molar refractivity (Wildman–Crippen MR) is 79.1 cm³/mol. The van der Waals surface area contributed by atoms with E-state index in [1.165, 1.54) is 11.3 Å². The topological polar surface area (TPSA) is 38.5 Å². The van der Waals surface area contributed by atoms with Gasteiger partial charge in [-0.25, -0.2) is 0 Å². The van der Waals surface area contributed by atoms with Crippen molar-refractivity contribution in [3.63, 3.8) is 0 Å². The van der Waals surface area contributed by atoms with Gasteiger partial charge in [0.2, 0.25) is 0 Å². The molecule has 0 bridgehead atoms. The maximum atomic E-state index is 5.68. The van der Waals surface area contributed by atoms with E-state index in [1.807, 2.05) is 0 Å². The number of benzene rings is 1. The average Bonchev–Trinajstić information content (AvgIpc) is 2.54. The summed E-state index contributed by atoms with van der Waals surface area (Å²) in [5, 5.41) is 0. The number of anilines is 1. The second-order valence-electron chi connectivity index (χ2n) is 4.81. The van der Waals surface area contributed by atoms with Crippen LogP contribution in [-0.4, -0.2) is 32.3 Å². The Labute approximate surface area is 117 Å². The summed E-state index contributed by atoms with van der Waals surface area (Å²) in [5.74, 6) is 0. The van der Waals surface area contributed by atoms with E-state index in [2.05, 4.69) is 46.0 Å². The third-order valence-electron chi connectivity index (χ3n) is 3.24. The molecule has 0 aliphatic carbocycles. The predicted octanol–water partition coefficient (Wildman–Crippen LogP) is 2.57. The highest BCUT2D eigenvalue weighted by Crippen LogP contribution is 2.28. The minimum absolute atomic E-state index is 0.295. The van der Waals surface area contributed by atoms with Gasteiger partial charge >= 0.3 is 0 Å². The molecule has 0 radical (unpaired) electrons. The average molecular weight is 313 g/mol. The number of nitrogens with zero attached hydrogens (tertiary/aromatic N) is 1. The van der Waals surface area contributed by atoms with Crippen LogP contribution in [0.4, 0.5) is 5.69 Å². The standard InChI is InChI=1S/C14H21BrN2O/c1-11-10-17(7-2-8-18-11)14-4-3-12(5-6-16)9-13(14)15/h3-4,9,11H,2,5-8,10,16H2,1H3. The van der Waals surface area contributed by atoms with Gasteiger partial charge in [-0.05, 0) is 59.9 Å². The lowest BCUT2D eigenvalue weighted by Gasteiger charge is -2.25. The third-order valence-corrected chi connectivity index (χ3v) is 3.87. The lowest BCUT2D eigenvalue weighted by molar-refractivity contribution is 0.0821. The highest BCUT2D eigenvalue weighted by Gasteiger charge is 2.17. The van der Waals surface area contributed by atoms with Crippen LogP contribution in [0.2, 0.25) is 0 Å². The molecule has 1 aromatic rings. The largest absolute Gasteiger partial charge is 0.377 e. The Morgan fingerprint density at radius 2 is 2.33 bits per heavy atom. The Hall–Kier alpha value is -0.580. The summed E-state index contributed by atoms with van der Waals surface area (Å²) in [7, 11) is 0. The molecule has 4 heteroatoms. The van der Waals surface area contributed by atoms with Crippen molar-refractivity contribution in [3.05, 3.63) is 28.2 Å². The van der Waals surface area contributed by atoms with Gasteiger partial charge in [0, 0.05) is 24.2 Å². The van der Waals surface area contributed by atoms with Gasteiger partial charge in [0.15, 0.2) is 0 Å². The highest BCUT2D eigenvalue weighted by atomic mass is 79.9. The van der Waals surface area contributed by atoms with Gasteiger partial charge in [0.25, 0.3) is 0 Å². The molecule has 2 rings (SSSR count). The summed E-state index contributed by atoms with van der Waals surface area (Å²) in [6, 6.07) is 6.54. The maximum Gasteiger partial charge on any atom is 0.0721 e. The van der Waals surface area contributed by atoms with Gasteiger partial charge in [0.1, 0.15) is 0 Å². The second-order valence-corrected chi connectivity index (χ2v) is 5.66. The lowest BCUT2D eigenvalue weighted by atomic mass is 10.1. The van der Waals surface area contributed by atoms with E-state index < -0.39 is 0 Å². The maximum absolute atomic E-state index is 5.68. The van der Waals surface area contributed by atoms with Crippen LogP contribution in [0, 0.1) is 0 Å². The Balaban J connectivity index is 2.16. The number of hydrogen-bond acceptors (Lipinski definition) is 3. The van der Waals surface area contributed by atoms with Crippen molar-refractivity contribution in [2.24, 2.45) is 5.73 Å². The van der Waals surface area contributed by atoms with Gasteiger partial charge in [-0.3, -0.25) is 0 Å². The molecule has 3 nitrogen and oxygen atoms in total. The molecule has 2 N–H and O–H groups in total. The van der Waals surface area contributed by atoms with Gasteiger partial charge in [-0.2, -0.15) is 0 Å². The van der Waals surface area contributed by atoms with Crippen LogP contribution in [0.5, 0.6) is 0 Å². The number of hydrogen-bond donors (Lipinski definition) is 1. The quantitative estimate of drug-likeness (QED) is 0.932. The Morgan fingerprint density at radius 1 is 1.50 bits per heavy atom. The van der Waals surface area contributed by atoms with Crippen molar-refractivity contribution in [1.82, 2.24) is 0 Å². The fourth-order valence-electron chi connectivity index (χ4n) is 2.34. The zero-order chi connectivity index (χ0) is 13.0. The van der Waals surface area contributed by atoms with Crippen molar-refractivity contribution in [1.29, 1.82) is 0 Å². The van der Waals surface area contributed by atoms with Crippen LogP contribution >= 0.6 is 15.9 Å². The summed E-state index contributed by atoms with van der Waals surface area (Å²) in [5.41, 5.74) is 8.13. The first kappa shape index (κ1) is 13.8. The molecule has 1 unspecified atom stereocenters. The van der Waals surface area contributed by atoms with E-state index in [0.717, 1.165) is 37.0 Å². The summed E-state index contributed by atoms with van der Waals surface area (Å²) >= 11 is 3.67. The van der Waals surface area contributed by atoms with E-state index in [-0.39, 0.29) is 0 Å². The van der Waals surface area contributed by atoms with Crippen molar-refractivity contribution >= 4 is 21.6 Å². The smallest absolute Gasteiger partial charge is 0.0721 e. The Bertz CT molecular complexity index is 397. The molecular weight excluding hydrogens is 292 g/mol. The summed E-state index contributed by atoms with van der Waals surface area (Å²) < 4.78 is 6.84. The van der Waals surface area contributed by atoms with Crippen molar-refractivity contribution in [3.8, 4) is 0 Å². The first-order valence-electron chi connectivity index (χ1n) is 6.55. The SMILES string of the molecule is CC1CN(c2ccc(CCN)cc2Br)CCCO1. The minimum atomic E-state index is 0.295. The fourth-order valence-corrected chi connectivity index (χ4v) is 3.02. The Kier molecular flexibility index (Phi) is 5.03. The normalized spacial score (nSPS) is 20.8. The van der Waals surface area contributed by atoms with Crippen molar-refractivity contribution in [2.45, 2.75) is 25.9 Å². The molecule has 1 fully saturated rings. The van der Waals surface area contributed by atoms with Crippen LogP contribution in [-0.2, 0) is 11.2 Å². The second kappa shape index (κ2) is 6.55. The molecule has 1 aromatic carbocycles. The molecule has 1 heterocycles. The van der Waals surface area contributed by atoms with E-state index in [0.29, 0.717) is 12.6 Å². The number of halogens is 1. The van der Waals surface area contributed by atoms with Crippen LogP contribution in [0.1, 0.15) is 18.9 Å². The van der Waals surface area contributed by atoms with Crippen LogP contribution in [0.15, 0.2) is 22.7 Å². The molecule has 0 amide bonds. The van der Waals surface area contributed by atoms with Crippen LogP contribution in [0.25, 0.3) is 0 Å².